The Bertz CT molecular complexity index is 199. The monoisotopic (exact) mass is 213 g/mol. The fourth-order valence-electron chi connectivity index (χ4n) is 2.14. The van der Waals surface area contributed by atoms with Gasteiger partial charge in [0.2, 0.25) is 0 Å². The topological polar surface area (TPSA) is 33.0 Å². The smallest absolute Gasteiger partial charge is 0.0861 e. The molecule has 0 spiro atoms. The molecule has 15 heavy (non-hydrogen) atoms. The van der Waals surface area contributed by atoms with Crippen LogP contribution in [0.2, 0.25) is 0 Å². The zero-order valence-corrected chi connectivity index (χ0v) is 10.2. The molecule has 3 aliphatic rings. The van der Waals surface area contributed by atoms with Gasteiger partial charge >= 0.3 is 0 Å². The van der Waals surface area contributed by atoms with Gasteiger partial charge in [-0.25, -0.2) is 0 Å². The second kappa shape index (κ2) is 6.85. The lowest BCUT2D eigenvalue weighted by molar-refractivity contribution is -0.00898. The van der Waals surface area contributed by atoms with Gasteiger partial charge in [-0.2, -0.15) is 5.26 Å². The molecule has 1 saturated carbocycles. The molecule has 0 aromatic rings. The van der Waals surface area contributed by atoms with E-state index in [2.05, 4.69) is 13.0 Å². The van der Waals surface area contributed by atoms with E-state index < -0.39 is 0 Å². The first-order valence-corrected chi connectivity index (χ1v) is 5.79. The zero-order chi connectivity index (χ0) is 11.2. The SMILES string of the molecule is C.CC.CC.CCC12CC(C#N)(CO1)C2. The van der Waals surface area contributed by atoms with Crippen LogP contribution in [0.25, 0.3) is 0 Å². The third kappa shape index (κ3) is 2.95. The Morgan fingerprint density at radius 2 is 1.67 bits per heavy atom. The highest BCUT2D eigenvalue weighted by Crippen LogP contribution is 2.58. The predicted octanol–water partition coefficient (Wildman–Crippen LogP) is 4.16. The van der Waals surface area contributed by atoms with Gasteiger partial charge in [-0.1, -0.05) is 42.0 Å². The molecule has 0 unspecified atom stereocenters. The van der Waals surface area contributed by atoms with E-state index in [0.29, 0.717) is 6.61 Å². The van der Waals surface area contributed by atoms with E-state index in [1.165, 1.54) is 0 Å². The summed E-state index contributed by atoms with van der Waals surface area (Å²) in [5, 5.41) is 8.74. The molecule has 2 heterocycles. The summed E-state index contributed by atoms with van der Waals surface area (Å²) >= 11 is 0. The average Bonchev–Trinajstić information content (AvgIpc) is 2.79. The van der Waals surface area contributed by atoms with Crippen molar-refractivity contribution in [2.75, 3.05) is 6.61 Å². The van der Waals surface area contributed by atoms with Crippen LogP contribution in [0, 0.1) is 16.7 Å². The van der Waals surface area contributed by atoms with Crippen molar-refractivity contribution in [3.05, 3.63) is 0 Å². The van der Waals surface area contributed by atoms with E-state index in [0.717, 1.165) is 19.3 Å². The predicted molar refractivity (Wildman–Crippen MR) is 65.7 cm³/mol. The summed E-state index contributed by atoms with van der Waals surface area (Å²) in [4.78, 5) is 0. The highest BCUT2D eigenvalue weighted by Gasteiger charge is 2.61. The molecule has 0 N–H and O–H groups in total. The molecule has 0 amide bonds. The van der Waals surface area contributed by atoms with Gasteiger partial charge in [0.05, 0.1) is 23.7 Å². The third-order valence-corrected chi connectivity index (χ3v) is 2.86. The van der Waals surface area contributed by atoms with E-state index in [1.54, 1.807) is 0 Å². The van der Waals surface area contributed by atoms with Gasteiger partial charge in [0.25, 0.3) is 0 Å². The molecule has 2 bridgehead atoms. The van der Waals surface area contributed by atoms with Crippen molar-refractivity contribution in [2.45, 2.75) is 66.9 Å². The van der Waals surface area contributed by atoms with E-state index in [4.69, 9.17) is 10.00 Å². The fraction of sp³-hybridized carbons (Fsp3) is 0.923. The van der Waals surface area contributed by atoms with Gasteiger partial charge in [-0.3, -0.25) is 0 Å². The Morgan fingerprint density at radius 1 is 1.20 bits per heavy atom. The molecule has 1 aliphatic carbocycles. The normalized spacial score (nSPS) is 34.1. The molecule has 90 valence electrons. The van der Waals surface area contributed by atoms with E-state index in [9.17, 15) is 0 Å². The summed E-state index contributed by atoms with van der Waals surface area (Å²) in [6.45, 7) is 10.8. The maximum atomic E-state index is 8.74. The molecule has 0 aromatic carbocycles. The summed E-state index contributed by atoms with van der Waals surface area (Å²) in [5.41, 5.74) is 0.0474. The highest BCUT2D eigenvalue weighted by atomic mass is 16.5. The highest BCUT2D eigenvalue weighted by molar-refractivity contribution is 5.19. The lowest BCUT2D eigenvalue weighted by Crippen LogP contribution is -2.42. The van der Waals surface area contributed by atoms with Crippen LogP contribution in [-0.2, 0) is 4.74 Å². The molecule has 3 rings (SSSR count). The molecule has 3 fully saturated rings. The van der Waals surface area contributed by atoms with Gasteiger partial charge in [0.1, 0.15) is 0 Å². The largest absolute Gasteiger partial charge is 0.373 e. The maximum absolute atomic E-state index is 8.74. The lowest BCUT2D eigenvalue weighted by Gasteiger charge is -2.39. The minimum Gasteiger partial charge on any atom is -0.373 e. The Kier molecular flexibility index (Phi) is 7.70. The maximum Gasteiger partial charge on any atom is 0.0861 e. The molecule has 2 nitrogen and oxygen atoms in total. The molecule has 0 aromatic heterocycles. The zero-order valence-electron chi connectivity index (χ0n) is 10.2. The first-order chi connectivity index (χ1) is 6.74. The summed E-state index contributed by atoms with van der Waals surface area (Å²) in [7, 11) is 0. The molecule has 0 radical (unpaired) electrons. The van der Waals surface area contributed by atoms with Crippen molar-refractivity contribution in [3.63, 3.8) is 0 Å². The van der Waals surface area contributed by atoms with E-state index in [-0.39, 0.29) is 18.4 Å². The van der Waals surface area contributed by atoms with Crippen LogP contribution in [0.1, 0.15) is 61.3 Å². The van der Waals surface area contributed by atoms with Crippen LogP contribution in [0.4, 0.5) is 0 Å². The second-order valence-corrected chi connectivity index (χ2v) is 3.57. The van der Waals surface area contributed by atoms with Gasteiger partial charge in [0.15, 0.2) is 0 Å². The van der Waals surface area contributed by atoms with Crippen molar-refractivity contribution < 1.29 is 4.74 Å². The average molecular weight is 213 g/mol. The van der Waals surface area contributed by atoms with Crippen molar-refractivity contribution in [3.8, 4) is 6.07 Å². The van der Waals surface area contributed by atoms with Crippen LogP contribution in [0.5, 0.6) is 0 Å². The van der Waals surface area contributed by atoms with Crippen molar-refractivity contribution in [1.29, 1.82) is 5.26 Å². The molecular formula is C13H27NO. The first-order valence-electron chi connectivity index (χ1n) is 5.79. The number of fused-ring (bicyclic) bond motifs is 1. The van der Waals surface area contributed by atoms with Gasteiger partial charge in [-0.15, -0.1) is 0 Å². The number of nitriles is 1. The van der Waals surface area contributed by atoms with Crippen LogP contribution in [0.3, 0.4) is 0 Å². The molecular weight excluding hydrogens is 186 g/mol. The van der Waals surface area contributed by atoms with Gasteiger partial charge in [0, 0.05) is 0 Å². The Hall–Kier alpha value is -0.550. The van der Waals surface area contributed by atoms with Crippen molar-refractivity contribution in [1.82, 2.24) is 0 Å². The van der Waals surface area contributed by atoms with Gasteiger partial charge < -0.3 is 4.74 Å². The van der Waals surface area contributed by atoms with E-state index >= 15 is 0 Å². The number of hydrogen-bond acceptors (Lipinski definition) is 2. The van der Waals surface area contributed by atoms with E-state index in [1.807, 2.05) is 27.7 Å². The Labute approximate surface area is 95.6 Å². The Morgan fingerprint density at radius 3 is 1.87 bits per heavy atom. The third-order valence-electron chi connectivity index (χ3n) is 2.86. The Balaban J connectivity index is 0. The van der Waals surface area contributed by atoms with Crippen molar-refractivity contribution in [2.24, 2.45) is 5.41 Å². The number of nitrogens with zero attached hydrogens (tertiary/aromatic N) is 1. The van der Waals surface area contributed by atoms with Crippen LogP contribution < -0.4 is 0 Å². The van der Waals surface area contributed by atoms with Crippen LogP contribution >= 0.6 is 0 Å². The quantitative estimate of drug-likeness (QED) is 0.655. The molecule has 2 aliphatic heterocycles. The first kappa shape index (κ1) is 16.9. The summed E-state index contributed by atoms with van der Waals surface area (Å²) < 4.78 is 5.54. The van der Waals surface area contributed by atoms with Crippen molar-refractivity contribution >= 4 is 0 Å². The summed E-state index contributed by atoms with van der Waals surface area (Å²) in [6.07, 6.45) is 3.02. The van der Waals surface area contributed by atoms with Crippen LogP contribution in [-0.4, -0.2) is 12.2 Å². The summed E-state index contributed by atoms with van der Waals surface area (Å²) in [6, 6.07) is 2.34. The number of ether oxygens (including phenoxy) is 1. The minimum absolute atomic E-state index is 0. The molecule has 2 heteroatoms. The number of hydrogen-bond donors (Lipinski definition) is 0. The lowest BCUT2D eigenvalue weighted by atomic mass is 9.62. The minimum atomic E-state index is -0.0734. The fourth-order valence-corrected chi connectivity index (χ4v) is 2.14. The molecule has 2 saturated heterocycles. The standard InChI is InChI=1S/C8H11NO.2C2H6.CH4/c1-2-8-3-7(4-8,5-9)6-10-8;2*1-2;/h2-4,6H2,1H3;2*1-2H3;1H4. The number of rotatable bonds is 1. The van der Waals surface area contributed by atoms with Gasteiger partial charge in [-0.05, 0) is 19.3 Å². The summed E-state index contributed by atoms with van der Waals surface area (Å²) in [5.74, 6) is 0. The molecule has 0 atom stereocenters. The van der Waals surface area contributed by atoms with Crippen LogP contribution in [0.15, 0.2) is 0 Å². The second-order valence-electron chi connectivity index (χ2n) is 3.57.